The van der Waals surface area contributed by atoms with Crippen LogP contribution in [0.2, 0.25) is 0 Å². The molecule has 0 saturated carbocycles. The third kappa shape index (κ3) is 4.13. The fourth-order valence-electron chi connectivity index (χ4n) is 3.17. The lowest BCUT2D eigenvalue weighted by Crippen LogP contribution is -2.44. The standard InChI is InChI=1S/C21H25NO3/c1-14-8-7-9-16(12-14)24-15(2)20(23)22-18-13-21(3,4)25-19-11-6-5-10-17(18)19/h5-12,15,18H,13H2,1-4H3,(H,22,23)/t15-,18-/m1/s1. The van der Waals surface area contributed by atoms with Crippen molar-refractivity contribution in [2.24, 2.45) is 0 Å². The molecule has 2 aromatic rings. The van der Waals surface area contributed by atoms with Crippen molar-refractivity contribution in [1.82, 2.24) is 5.32 Å². The summed E-state index contributed by atoms with van der Waals surface area (Å²) in [4.78, 5) is 12.6. The number of ether oxygens (including phenoxy) is 2. The largest absolute Gasteiger partial charge is 0.487 e. The molecule has 0 saturated heterocycles. The van der Waals surface area contributed by atoms with E-state index in [0.717, 1.165) is 16.9 Å². The highest BCUT2D eigenvalue weighted by atomic mass is 16.5. The summed E-state index contributed by atoms with van der Waals surface area (Å²) in [5.41, 5.74) is 1.79. The predicted octanol–water partition coefficient (Wildman–Crippen LogP) is 4.18. The van der Waals surface area contributed by atoms with Gasteiger partial charge in [0, 0.05) is 12.0 Å². The second-order valence-electron chi connectivity index (χ2n) is 7.24. The van der Waals surface area contributed by atoms with Crippen molar-refractivity contribution in [3.05, 3.63) is 59.7 Å². The Morgan fingerprint density at radius 3 is 2.76 bits per heavy atom. The van der Waals surface area contributed by atoms with E-state index in [4.69, 9.17) is 9.47 Å². The third-order valence-electron chi connectivity index (χ3n) is 4.36. The van der Waals surface area contributed by atoms with E-state index in [9.17, 15) is 4.79 Å². The van der Waals surface area contributed by atoms with Crippen LogP contribution in [-0.2, 0) is 4.79 Å². The molecule has 4 nitrogen and oxygen atoms in total. The first-order chi connectivity index (χ1) is 11.8. The average Bonchev–Trinajstić information content (AvgIpc) is 2.53. The molecule has 1 N–H and O–H groups in total. The predicted molar refractivity (Wildman–Crippen MR) is 97.9 cm³/mol. The maximum absolute atomic E-state index is 12.6. The molecule has 3 rings (SSSR count). The second kappa shape index (κ2) is 6.79. The molecule has 0 spiro atoms. The van der Waals surface area contributed by atoms with Crippen molar-refractivity contribution in [2.75, 3.05) is 0 Å². The highest BCUT2D eigenvalue weighted by Gasteiger charge is 2.35. The van der Waals surface area contributed by atoms with Crippen LogP contribution in [0.1, 0.15) is 44.4 Å². The lowest BCUT2D eigenvalue weighted by Gasteiger charge is -2.38. The van der Waals surface area contributed by atoms with Crippen LogP contribution in [0.5, 0.6) is 11.5 Å². The highest BCUT2D eigenvalue weighted by molar-refractivity contribution is 5.81. The van der Waals surface area contributed by atoms with E-state index in [1.807, 2.05) is 69.3 Å². The number of para-hydroxylation sites is 1. The lowest BCUT2D eigenvalue weighted by molar-refractivity contribution is -0.128. The number of amides is 1. The molecule has 0 unspecified atom stereocenters. The van der Waals surface area contributed by atoms with Crippen LogP contribution in [-0.4, -0.2) is 17.6 Å². The number of hydrogen-bond acceptors (Lipinski definition) is 3. The van der Waals surface area contributed by atoms with Gasteiger partial charge in [-0.25, -0.2) is 0 Å². The Morgan fingerprint density at radius 2 is 2.00 bits per heavy atom. The van der Waals surface area contributed by atoms with Crippen molar-refractivity contribution < 1.29 is 14.3 Å². The van der Waals surface area contributed by atoms with Gasteiger partial charge in [-0.1, -0.05) is 30.3 Å². The minimum Gasteiger partial charge on any atom is -0.487 e. The molecule has 0 aliphatic carbocycles. The van der Waals surface area contributed by atoms with E-state index < -0.39 is 6.10 Å². The maximum Gasteiger partial charge on any atom is 0.261 e. The summed E-state index contributed by atoms with van der Waals surface area (Å²) in [7, 11) is 0. The molecule has 0 bridgehead atoms. The molecule has 1 aliphatic rings. The van der Waals surface area contributed by atoms with Gasteiger partial charge in [-0.05, 0) is 51.5 Å². The number of nitrogens with one attached hydrogen (secondary N) is 1. The average molecular weight is 339 g/mol. The molecule has 132 valence electrons. The molecule has 0 radical (unpaired) electrons. The quantitative estimate of drug-likeness (QED) is 0.909. The fraction of sp³-hybridized carbons (Fsp3) is 0.381. The third-order valence-corrected chi connectivity index (χ3v) is 4.36. The van der Waals surface area contributed by atoms with Crippen LogP contribution >= 0.6 is 0 Å². The smallest absolute Gasteiger partial charge is 0.261 e. The number of carbonyl (C=O) groups excluding carboxylic acids is 1. The van der Waals surface area contributed by atoms with Crippen molar-refractivity contribution in [3.63, 3.8) is 0 Å². The minimum absolute atomic E-state index is 0.0870. The van der Waals surface area contributed by atoms with Crippen molar-refractivity contribution in [1.29, 1.82) is 0 Å². The van der Waals surface area contributed by atoms with Gasteiger partial charge in [-0.15, -0.1) is 0 Å². The summed E-state index contributed by atoms with van der Waals surface area (Å²) >= 11 is 0. The van der Waals surface area contributed by atoms with E-state index in [-0.39, 0.29) is 17.6 Å². The van der Waals surface area contributed by atoms with Crippen LogP contribution in [0.15, 0.2) is 48.5 Å². The highest BCUT2D eigenvalue weighted by Crippen LogP contribution is 2.39. The number of fused-ring (bicyclic) bond motifs is 1. The van der Waals surface area contributed by atoms with Crippen LogP contribution < -0.4 is 14.8 Å². The monoisotopic (exact) mass is 339 g/mol. The van der Waals surface area contributed by atoms with Gasteiger partial charge < -0.3 is 14.8 Å². The molecule has 1 amide bonds. The van der Waals surface area contributed by atoms with E-state index in [2.05, 4.69) is 5.32 Å². The number of rotatable bonds is 4. The van der Waals surface area contributed by atoms with Crippen molar-refractivity contribution >= 4 is 5.91 Å². The Hall–Kier alpha value is -2.49. The Labute approximate surface area is 149 Å². The molecule has 2 aromatic carbocycles. The summed E-state index contributed by atoms with van der Waals surface area (Å²) in [6.07, 6.45) is 0.146. The zero-order valence-electron chi connectivity index (χ0n) is 15.2. The molecule has 0 fully saturated rings. The van der Waals surface area contributed by atoms with Gasteiger partial charge in [0.2, 0.25) is 0 Å². The Morgan fingerprint density at radius 1 is 1.24 bits per heavy atom. The van der Waals surface area contributed by atoms with Gasteiger partial charge in [0.05, 0.1) is 6.04 Å². The first-order valence-corrected chi connectivity index (χ1v) is 8.66. The first-order valence-electron chi connectivity index (χ1n) is 8.66. The molecule has 25 heavy (non-hydrogen) atoms. The number of benzene rings is 2. The van der Waals surface area contributed by atoms with Gasteiger partial charge in [0.1, 0.15) is 17.1 Å². The van der Waals surface area contributed by atoms with Crippen molar-refractivity contribution in [2.45, 2.75) is 51.9 Å². The Balaban J connectivity index is 1.72. The Kier molecular flexibility index (Phi) is 4.71. The van der Waals surface area contributed by atoms with Gasteiger partial charge in [0.15, 0.2) is 6.10 Å². The molecular weight excluding hydrogens is 314 g/mol. The normalized spacial score (nSPS) is 19.3. The first kappa shape index (κ1) is 17.3. The lowest BCUT2D eigenvalue weighted by atomic mass is 9.89. The van der Waals surface area contributed by atoms with E-state index in [0.29, 0.717) is 12.2 Å². The molecule has 2 atom stereocenters. The molecule has 0 aromatic heterocycles. The summed E-state index contributed by atoms with van der Waals surface area (Å²) in [6.45, 7) is 7.84. The number of aryl methyl sites for hydroxylation is 1. The van der Waals surface area contributed by atoms with Crippen LogP contribution in [0.4, 0.5) is 0 Å². The molecule has 1 heterocycles. The maximum atomic E-state index is 12.6. The fourth-order valence-corrected chi connectivity index (χ4v) is 3.17. The van der Waals surface area contributed by atoms with Crippen LogP contribution in [0.25, 0.3) is 0 Å². The van der Waals surface area contributed by atoms with Gasteiger partial charge in [-0.3, -0.25) is 4.79 Å². The zero-order valence-corrected chi connectivity index (χ0v) is 15.2. The summed E-state index contributed by atoms with van der Waals surface area (Å²) < 4.78 is 11.8. The molecule has 1 aliphatic heterocycles. The van der Waals surface area contributed by atoms with Gasteiger partial charge in [0.25, 0.3) is 5.91 Å². The van der Waals surface area contributed by atoms with E-state index in [1.165, 1.54) is 0 Å². The topological polar surface area (TPSA) is 47.6 Å². The summed E-state index contributed by atoms with van der Waals surface area (Å²) in [6, 6.07) is 15.5. The van der Waals surface area contributed by atoms with Crippen LogP contribution in [0, 0.1) is 6.92 Å². The number of hydrogen-bond donors (Lipinski definition) is 1. The second-order valence-corrected chi connectivity index (χ2v) is 7.24. The van der Waals surface area contributed by atoms with Crippen LogP contribution in [0.3, 0.4) is 0 Å². The summed E-state index contributed by atoms with van der Waals surface area (Å²) in [5, 5.41) is 3.12. The number of carbonyl (C=O) groups is 1. The van der Waals surface area contributed by atoms with Gasteiger partial charge in [-0.2, -0.15) is 0 Å². The van der Waals surface area contributed by atoms with Crippen molar-refractivity contribution in [3.8, 4) is 11.5 Å². The summed E-state index contributed by atoms with van der Waals surface area (Å²) in [5.74, 6) is 1.41. The minimum atomic E-state index is -0.570. The van der Waals surface area contributed by atoms with E-state index in [1.54, 1.807) is 6.92 Å². The molecular formula is C21H25NO3. The zero-order chi connectivity index (χ0) is 18.0. The SMILES string of the molecule is Cc1cccc(O[C@H](C)C(=O)N[C@@H]2CC(C)(C)Oc3ccccc32)c1. The van der Waals surface area contributed by atoms with Gasteiger partial charge >= 0.3 is 0 Å². The Bertz CT molecular complexity index is 769. The molecule has 4 heteroatoms. The van der Waals surface area contributed by atoms with E-state index >= 15 is 0 Å².